The second-order valence-electron chi connectivity index (χ2n) is 18.3. The first-order valence-corrected chi connectivity index (χ1v) is 25.0. The van der Waals surface area contributed by atoms with E-state index in [9.17, 15) is 33.6 Å². The molecule has 2 fully saturated rings. The third-order valence-electron chi connectivity index (χ3n) is 12.4. The third-order valence-corrected chi connectivity index (χ3v) is 17.5. The van der Waals surface area contributed by atoms with E-state index in [2.05, 4.69) is 5.32 Å². The number of amides is 3. The zero-order valence-electron chi connectivity index (χ0n) is 40.6. The number of fused-ring (bicyclic) bond motifs is 1. The lowest BCUT2D eigenvalue weighted by Gasteiger charge is -2.53. The number of rotatable bonds is 16. The van der Waals surface area contributed by atoms with E-state index in [1.54, 1.807) is 54.6 Å². The number of nitrogens with zero attached hydrogens (tertiary/aromatic N) is 1. The molecule has 4 aromatic carbocycles. The van der Waals surface area contributed by atoms with Crippen LogP contribution in [-0.2, 0) is 61.5 Å². The Morgan fingerprint density at radius 2 is 1.08 bits per heavy atom. The van der Waals surface area contributed by atoms with Gasteiger partial charge in [0.05, 0.1) is 23.3 Å². The molecular weight excluding hydrogens is 937 g/mol. The monoisotopic (exact) mass is 994 g/mol. The van der Waals surface area contributed by atoms with E-state index >= 15 is 0 Å². The lowest BCUT2D eigenvalue weighted by atomic mass is 9.94. The third kappa shape index (κ3) is 11.1. The number of benzene rings is 4. The molecular formula is C52H58N2O16Si. The molecule has 0 saturated carbocycles. The Morgan fingerprint density at radius 3 is 1.58 bits per heavy atom. The maximum Gasteiger partial charge on any atom is 0.338 e. The summed E-state index contributed by atoms with van der Waals surface area (Å²) in [6.07, 6.45) is -11.6. The Balaban J connectivity index is 1.41. The summed E-state index contributed by atoms with van der Waals surface area (Å²) in [5.74, 6) is -5.07. The molecule has 0 bridgehead atoms. The summed E-state index contributed by atoms with van der Waals surface area (Å²) in [5, 5.41) is 3.60. The van der Waals surface area contributed by atoms with E-state index in [1.807, 2.05) is 81.4 Å². The van der Waals surface area contributed by atoms with Crippen molar-refractivity contribution in [2.24, 2.45) is 0 Å². The van der Waals surface area contributed by atoms with Crippen LogP contribution in [0.15, 0.2) is 115 Å². The van der Waals surface area contributed by atoms with Gasteiger partial charge in [-0.25, -0.2) is 4.79 Å². The van der Waals surface area contributed by atoms with Gasteiger partial charge in [0, 0.05) is 34.8 Å². The highest BCUT2D eigenvalue weighted by atomic mass is 28.4. The molecule has 376 valence electrons. The van der Waals surface area contributed by atoms with Gasteiger partial charge in [0.1, 0.15) is 37.0 Å². The van der Waals surface area contributed by atoms with Crippen molar-refractivity contribution < 1.29 is 75.9 Å². The predicted octanol–water partition coefficient (Wildman–Crippen LogP) is 3.87. The largest absolute Gasteiger partial charge is 0.463 e. The van der Waals surface area contributed by atoms with Crippen LogP contribution in [0.3, 0.4) is 0 Å². The molecule has 1 N–H and O–H groups in total. The molecule has 3 amide bonds. The van der Waals surface area contributed by atoms with Crippen LogP contribution in [0.25, 0.3) is 0 Å². The molecule has 18 nitrogen and oxygen atoms in total. The Hall–Kier alpha value is -6.61. The molecule has 7 rings (SSSR count). The molecule has 3 heterocycles. The minimum absolute atomic E-state index is 0.135. The van der Waals surface area contributed by atoms with Crippen molar-refractivity contribution in [2.45, 2.75) is 115 Å². The minimum Gasteiger partial charge on any atom is -0.463 e. The summed E-state index contributed by atoms with van der Waals surface area (Å²) < 4.78 is 56.7. The van der Waals surface area contributed by atoms with E-state index in [1.165, 1.54) is 14.0 Å². The van der Waals surface area contributed by atoms with Crippen molar-refractivity contribution in [3.05, 3.63) is 132 Å². The van der Waals surface area contributed by atoms with Crippen LogP contribution >= 0.6 is 0 Å². The summed E-state index contributed by atoms with van der Waals surface area (Å²) in [4.78, 5) is 95.2. The Labute approximate surface area is 412 Å². The Bertz CT molecular complexity index is 2500. The average molecular weight is 995 g/mol. The van der Waals surface area contributed by atoms with Crippen LogP contribution in [0.2, 0.25) is 5.04 Å². The first-order valence-electron chi connectivity index (χ1n) is 23.1. The van der Waals surface area contributed by atoms with E-state index in [-0.39, 0.29) is 16.7 Å². The van der Waals surface area contributed by atoms with Gasteiger partial charge in [0.2, 0.25) is 5.91 Å². The predicted molar refractivity (Wildman–Crippen MR) is 254 cm³/mol. The normalized spacial score (nSPS) is 25.4. The molecule has 4 aromatic rings. The number of ether oxygens (including phenoxy) is 8. The second-order valence-corrected chi connectivity index (χ2v) is 22.6. The average Bonchev–Trinajstić information content (AvgIpc) is 3.59. The Morgan fingerprint density at radius 1 is 0.606 bits per heavy atom. The van der Waals surface area contributed by atoms with Crippen molar-refractivity contribution in [1.29, 1.82) is 0 Å². The molecule has 19 heteroatoms. The lowest BCUT2D eigenvalue weighted by Crippen LogP contribution is -2.74. The van der Waals surface area contributed by atoms with E-state index in [0.29, 0.717) is 0 Å². The van der Waals surface area contributed by atoms with E-state index in [0.717, 1.165) is 36.0 Å². The summed E-state index contributed by atoms with van der Waals surface area (Å²) in [6.45, 7) is 9.63. The van der Waals surface area contributed by atoms with Gasteiger partial charge >= 0.3 is 23.9 Å². The summed E-state index contributed by atoms with van der Waals surface area (Å²) in [6, 6.07) is 30.9. The number of carbonyl (C=O) groups is 7. The minimum atomic E-state index is -3.75. The highest BCUT2D eigenvalue weighted by Crippen LogP contribution is 2.43. The quantitative estimate of drug-likeness (QED) is 0.0730. The number of nitrogens with one attached hydrogen (secondary N) is 1. The fraction of sp³-hybridized carbons (Fsp3) is 0.404. The molecule has 0 spiro atoms. The summed E-state index contributed by atoms with van der Waals surface area (Å²) in [7, 11) is -2.42. The number of hydrogen-bond donors (Lipinski definition) is 1. The topological polar surface area (TPSA) is 218 Å². The van der Waals surface area contributed by atoms with Crippen LogP contribution in [0.4, 0.5) is 0 Å². The van der Waals surface area contributed by atoms with Crippen molar-refractivity contribution in [3.63, 3.8) is 0 Å². The molecule has 3 aliphatic heterocycles. The zero-order valence-corrected chi connectivity index (χ0v) is 41.6. The number of esters is 4. The fourth-order valence-electron chi connectivity index (χ4n) is 9.53. The van der Waals surface area contributed by atoms with Gasteiger partial charge in [-0.15, -0.1) is 0 Å². The highest BCUT2D eigenvalue weighted by molar-refractivity contribution is 6.99. The van der Waals surface area contributed by atoms with Crippen LogP contribution in [0, 0.1) is 0 Å². The van der Waals surface area contributed by atoms with Crippen molar-refractivity contribution >= 4 is 60.3 Å². The summed E-state index contributed by atoms with van der Waals surface area (Å²) >= 11 is 0. The van der Waals surface area contributed by atoms with Crippen LogP contribution < -0.4 is 15.7 Å². The van der Waals surface area contributed by atoms with Gasteiger partial charge in [-0.05, 0) is 39.7 Å². The van der Waals surface area contributed by atoms with E-state index < -0.39 is 129 Å². The van der Waals surface area contributed by atoms with Crippen LogP contribution in [0.1, 0.15) is 79.5 Å². The molecule has 2 saturated heterocycles. The van der Waals surface area contributed by atoms with Crippen molar-refractivity contribution in [2.75, 3.05) is 20.3 Å². The summed E-state index contributed by atoms with van der Waals surface area (Å²) in [5.41, 5.74) is 0.421. The molecule has 0 unspecified atom stereocenters. The zero-order chi connectivity index (χ0) is 51.2. The standard InChI is InChI=1S/C52H58N2O16Si/c1-30(55)53-41-45(66-33(4)58)43(65-32(3)57)39(28-63-31(2)56)67-50(41)64-29-40-44(69-49(61)34-20-12-9-13-21-34)46(42(51(62-8)68-40)54-47(59)37-26-18-19-27-38(37)48(54)60)70-71(52(5,6)7,35-22-14-10-15-23-35)36-24-16-11-17-25-36/h9-27,39-46,50-51H,28-29H2,1-8H3,(H,53,55)/t39-,40-,41-,42-,43-,44-,45-,46-,50-,51-/m1/s1. The molecule has 0 aromatic heterocycles. The van der Waals surface area contributed by atoms with Gasteiger partial charge in [-0.3, -0.25) is 33.7 Å². The highest BCUT2D eigenvalue weighted by Gasteiger charge is 2.61. The van der Waals surface area contributed by atoms with Crippen molar-refractivity contribution in [1.82, 2.24) is 10.2 Å². The van der Waals surface area contributed by atoms with E-state index in [4.69, 9.17) is 42.3 Å². The smallest absolute Gasteiger partial charge is 0.338 e. The maximum atomic E-state index is 14.7. The van der Waals surface area contributed by atoms with Crippen molar-refractivity contribution in [3.8, 4) is 0 Å². The van der Waals surface area contributed by atoms with Gasteiger partial charge < -0.3 is 47.6 Å². The molecule has 0 radical (unpaired) electrons. The number of carbonyl (C=O) groups excluding carboxylic acids is 7. The fourth-order valence-corrected chi connectivity index (χ4v) is 14.2. The maximum absolute atomic E-state index is 14.7. The first kappa shape index (κ1) is 52.2. The van der Waals surface area contributed by atoms with Gasteiger partial charge in [0.25, 0.3) is 20.1 Å². The number of imide groups is 1. The molecule has 3 aliphatic rings. The molecule has 10 atom stereocenters. The number of hydrogen-bond acceptors (Lipinski definition) is 16. The Kier molecular flexibility index (Phi) is 16.3. The van der Waals surface area contributed by atoms with Gasteiger partial charge in [0.15, 0.2) is 30.9 Å². The molecule has 71 heavy (non-hydrogen) atoms. The second kappa shape index (κ2) is 22.2. The van der Waals surface area contributed by atoms with Gasteiger partial charge in [-0.2, -0.15) is 0 Å². The first-order chi connectivity index (χ1) is 33.9. The van der Waals surface area contributed by atoms with Crippen LogP contribution in [-0.4, -0.2) is 136 Å². The molecule has 0 aliphatic carbocycles. The van der Waals surface area contributed by atoms with Crippen LogP contribution in [0.5, 0.6) is 0 Å². The SMILES string of the molecule is CO[C@@H]1O[C@H](CO[C@@H]2O[C@H](COC(C)=O)[C@@H](OC(C)=O)[C@H](OC(C)=O)[C@H]2NC(C)=O)[C@@H](OC(=O)c2ccccc2)[C@H](O[Si](c2ccccc2)(c2ccccc2)C(C)(C)C)[C@H]1N1C(=O)c2ccccc2C1=O. The number of methoxy groups -OCH3 is 1. The lowest BCUT2D eigenvalue weighted by molar-refractivity contribution is -0.305. The van der Waals surface area contributed by atoms with Gasteiger partial charge in [-0.1, -0.05) is 112 Å².